The zero-order valence-corrected chi connectivity index (χ0v) is 13.9. The van der Waals surface area contributed by atoms with Crippen molar-refractivity contribution in [1.82, 2.24) is 10.2 Å². The number of likely N-dealkylation sites (tertiary alicyclic amines) is 1. The van der Waals surface area contributed by atoms with Crippen LogP contribution in [0.15, 0.2) is 35.2 Å². The Kier molecular flexibility index (Phi) is 6.58. The first-order valence-electron chi connectivity index (χ1n) is 7.89. The highest BCUT2D eigenvalue weighted by Gasteiger charge is 2.27. The van der Waals surface area contributed by atoms with Gasteiger partial charge in [0.05, 0.1) is 5.25 Å². The minimum absolute atomic E-state index is 0.0493. The third kappa shape index (κ3) is 4.75. The zero-order valence-electron chi connectivity index (χ0n) is 13.0. The van der Waals surface area contributed by atoms with Crippen molar-refractivity contribution in [1.29, 1.82) is 0 Å². The van der Waals surface area contributed by atoms with Gasteiger partial charge in [0.2, 0.25) is 5.91 Å². The standard InChI is InChI=1S/C17H26N2OS/c1-3-16(21-15-7-5-4-6-8-15)17(20)19-11-9-14(10-12-19)13-18-2/h4-8,14,16,18H,3,9-13H2,1-2H3. The van der Waals surface area contributed by atoms with Crippen LogP contribution < -0.4 is 5.32 Å². The lowest BCUT2D eigenvalue weighted by molar-refractivity contribution is -0.132. The van der Waals surface area contributed by atoms with E-state index < -0.39 is 0 Å². The van der Waals surface area contributed by atoms with Crippen LogP contribution in [0.3, 0.4) is 0 Å². The lowest BCUT2D eigenvalue weighted by Crippen LogP contribution is -2.44. The van der Waals surface area contributed by atoms with Crippen LogP contribution in [0.5, 0.6) is 0 Å². The second-order valence-electron chi connectivity index (χ2n) is 5.65. The van der Waals surface area contributed by atoms with Crippen LogP contribution in [0.1, 0.15) is 26.2 Å². The third-order valence-corrected chi connectivity index (χ3v) is 5.45. The van der Waals surface area contributed by atoms with Crippen molar-refractivity contribution in [3.63, 3.8) is 0 Å². The van der Waals surface area contributed by atoms with Gasteiger partial charge < -0.3 is 10.2 Å². The van der Waals surface area contributed by atoms with Gasteiger partial charge in [-0.15, -0.1) is 11.8 Å². The van der Waals surface area contributed by atoms with Crippen LogP contribution in [0.4, 0.5) is 0 Å². The molecule has 1 aromatic carbocycles. The summed E-state index contributed by atoms with van der Waals surface area (Å²) in [5.41, 5.74) is 0. The van der Waals surface area contributed by atoms with Gasteiger partial charge in [-0.2, -0.15) is 0 Å². The van der Waals surface area contributed by atoms with Crippen LogP contribution in [0, 0.1) is 5.92 Å². The minimum atomic E-state index is 0.0493. The van der Waals surface area contributed by atoms with E-state index in [0.29, 0.717) is 5.91 Å². The molecule has 1 saturated heterocycles. The van der Waals surface area contributed by atoms with Crippen molar-refractivity contribution in [2.45, 2.75) is 36.3 Å². The number of rotatable bonds is 6. The van der Waals surface area contributed by atoms with Crippen molar-refractivity contribution in [3.8, 4) is 0 Å². The molecule has 0 aliphatic carbocycles. The first kappa shape index (κ1) is 16.4. The molecule has 1 N–H and O–H groups in total. The summed E-state index contributed by atoms with van der Waals surface area (Å²) >= 11 is 1.70. The first-order chi connectivity index (χ1) is 10.2. The molecular formula is C17H26N2OS. The highest BCUT2D eigenvalue weighted by Crippen LogP contribution is 2.28. The first-order valence-corrected chi connectivity index (χ1v) is 8.77. The maximum absolute atomic E-state index is 12.7. The molecule has 1 heterocycles. The number of carbonyl (C=O) groups is 1. The van der Waals surface area contributed by atoms with Crippen LogP contribution in [-0.4, -0.2) is 42.7 Å². The summed E-state index contributed by atoms with van der Waals surface area (Å²) in [6.07, 6.45) is 3.13. The summed E-state index contributed by atoms with van der Waals surface area (Å²) in [5.74, 6) is 1.04. The molecule has 2 rings (SSSR count). The van der Waals surface area contributed by atoms with Gasteiger partial charge >= 0.3 is 0 Å². The molecule has 1 unspecified atom stereocenters. The Labute approximate surface area is 132 Å². The second-order valence-corrected chi connectivity index (χ2v) is 6.93. The summed E-state index contributed by atoms with van der Waals surface area (Å²) in [4.78, 5) is 15.9. The molecule has 1 aromatic rings. The Morgan fingerprint density at radius 3 is 2.57 bits per heavy atom. The van der Waals surface area contributed by atoms with Crippen molar-refractivity contribution < 1.29 is 4.79 Å². The number of carbonyl (C=O) groups excluding carboxylic acids is 1. The number of piperidine rings is 1. The van der Waals surface area contributed by atoms with Crippen molar-refractivity contribution in [2.24, 2.45) is 5.92 Å². The molecule has 1 amide bonds. The Morgan fingerprint density at radius 1 is 1.33 bits per heavy atom. The van der Waals surface area contributed by atoms with E-state index >= 15 is 0 Å². The number of hydrogen-bond acceptors (Lipinski definition) is 3. The smallest absolute Gasteiger partial charge is 0.236 e. The fraction of sp³-hybridized carbons (Fsp3) is 0.588. The minimum Gasteiger partial charge on any atom is -0.342 e. The summed E-state index contributed by atoms with van der Waals surface area (Å²) in [5, 5.41) is 3.29. The third-order valence-electron chi connectivity index (χ3n) is 4.09. The number of thioether (sulfide) groups is 1. The van der Waals surface area contributed by atoms with E-state index in [0.717, 1.165) is 44.8 Å². The average Bonchev–Trinajstić information content (AvgIpc) is 2.54. The van der Waals surface area contributed by atoms with Gasteiger partial charge in [0, 0.05) is 18.0 Å². The molecular weight excluding hydrogens is 280 g/mol. The van der Waals surface area contributed by atoms with Crippen LogP contribution >= 0.6 is 11.8 Å². The van der Waals surface area contributed by atoms with Crippen LogP contribution in [0.25, 0.3) is 0 Å². The average molecular weight is 306 g/mol. The fourth-order valence-corrected chi connectivity index (χ4v) is 3.88. The van der Waals surface area contributed by atoms with E-state index in [1.807, 2.05) is 25.2 Å². The topological polar surface area (TPSA) is 32.3 Å². The summed E-state index contributed by atoms with van der Waals surface area (Å²) in [6, 6.07) is 10.2. The van der Waals surface area contributed by atoms with E-state index in [-0.39, 0.29) is 5.25 Å². The monoisotopic (exact) mass is 306 g/mol. The highest BCUT2D eigenvalue weighted by molar-refractivity contribution is 8.00. The number of nitrogens with zero attached hydrogens (tertiary/aromatic N) is 1. The molecule has 0 spiro atoms. The zero-order chi connectivity index (χ0) is 15.1. The van der Waals surface area contributed by atoms with Gasteiger partial charge in [0.25, 0.3) is 0 Å². The molecule has 1 aliphatic heterocycles. The number of nitrogens with one attached hydrogen (secondary N) is 1. The molecule has 0 radical (unpaired) electrons. The SMILES string of the molecule is CCC(Sc1ccccc1)C(=O)N1CCC(CNC)CC1. The fourth-order valence-electron chi connectivity index (χ4n) is 2.82. The Hall–Kier alpha value is -1.00. The molecule has 0 saturated carbocycles. The number of amides is 1. The summed E-state index contributed by atoms with van der Waals surface area (Å²) in [7, 11) is 2.00. The molecule has 4 heteroatoms. The predicted molar refractivity (Wildman–Crippen MR) is 89.6 cm³/mol. The normalized spacial score (nSPS) is 17.7. The Bertz CT molecular complexity index is 430. The Morgan fingerprint density at radius 2 is 2.00 bits per heavy atom. The second kappa shape index (κ2) is 8.44. The molecule has 1 atom stereocenters. The van der Waals surface area contributed by atoms with E-state index in [2.05, 4.69) is 29.3 Å². The number of benzene rings is 1. The van der Waals surface area contributed by atoms with E-state index in [4.69, 9.17) is 0 Å². The summed E-state index contributed by atoms with van der Waals surface area (Å²) < 4.78 is 0. The van der Waals surface area contributed by atoms with Gasteiger partial charge in [-0.25, -0.2) is 0 Å². The van der Waals surface area contributed by atoms with Crippen LogP contribution in [0.2, 0.25) is 0 Å². The van der Waals surface area contributed by atoms with Gasteiger partial charge in [0.1, 0.15) is 0 Å². The van der Waals surface area contributed by atoms with Crippen molar-refractivity contribution in [3.05, 3.63) is 30.3 Å². The molecule has 1 aliphatic rings. The van der Waals surface area contributed by atoms with E-state index in [1.165, 1.54) is 4.90 Å². The van der Waals surface area contributed by atoms with Gasteiger partial charge in [0.15, 0.2) is 0 Å². The molecule has 21 heavy (non-hydrogen) atoms. The van der Waals surface area contributed by atoms with Gasteiger partial charge in [-0.3, -0.25) is 4.79 Å². The maximum Gasteiger partial charge on any atom is 0.236 e. The maximum atomic E-state index is 12.7. The van der Waals surface area contributed by atoms with Crippen molar-refractivity contribution >= 4 is 17.7 Å². The lowest BCUT2D eigenvalue weighted by Gasteiger charge is -2.34. The Balaban J connectivity index is 1.89. The predicted octanol–water partition coefficient (Wildman–Crippen LogP) is 3.02. The molecule has 3 nitrogen and oxygen atoms in total. The quantitative estimate of drug-likeness (QED) is 0.820. The molecule has 116 valence electrons. The van der Waals surface area contributed by atoms with E-state index in [9.17, 15) is 4.79 Å². The van der Waals surface area contributed by atoms with Crippen molar-refractivity contribution in [2.75, 3.05) is 26.7 Å². The lowest BCUT2D eigenvalue weighted by atomic mass is 9.96. The van der Waals surface area contributed by atoms with E-state index in [1.54, 1.807) is 11.8 Å². The summed E-state index contributed by atoms with van der Waals surface area (Å²) in [6.45, 7) is 5.00. The molecule has 1 fully saturated rings. The van der Waals surface area contributed by atoms with Gasteiger partial charge in [-0.1, -0.05) is 25.1 Å². The molecule has 0 bridgehead atoms. The largest absolute Gasteiger partial charge is 0.342 e. The van der Waals surface area contributed by atoms with Crippen LogP contribution in [-0.2, 0) is 4.79 Å². The molecule has 0 aromatic heterocycles. The number of hydrogen-bond donors (Lipinski definition) is 1. The van der Waals surface area contributed by atoms with Gasteiger partial charge in [-0.05, 0) is 50.9 Å². The highest BCUT2D eigenvalue weighted by atomic mass is 32.2.